The van der Waals surface area contributed by atoms with Gasteiger partial charge in [-0.25, -0.2) is 9.48 Å². The normalized spacial score (nSPS) is 11.8. The molecule has 128 valence electrons. The number of carbonyl (C=O) groups is 1. The second-order valence-electron chi connectivity index (χ2n) is 5.70. The third-order valence-electron chi connectivity index (χ3n) is 3.72. The van der Waals surface area contributed by atoms with Crippen LogP contribution in [0.2, 0.25) is 0 Å². The second kappa shape index (κ2) is 7.14. The van der Waals surface area contributed by atoms with Crippen LogP contribution in [0.3, 0.4) is 0 Å². The molecule has 25 heavy (non-hydrogen) atoms. The van der Waals surface area contributed by atoms with Gasteiger partial charge in [0.2, 0.25) is 0 Å². The molecule has 0 aliphatic carbocycles. The molecule has 3 aromatic rings. The molecule has 0 saturated carbocycles. The maximum atomic E-state index is 12.1. The minimum Gasteiger partial charge on any atom is -0.387 e. The van der Waals surface area contributed by atoms with Crippen molar-refractivity contribution in [3.8, 4) is 5.69 Å². The number of aliphatic hydroxyl groups is 1. The monoisotopic (exact) mass is 337 g/mol. The fourth-order valence-corrected chi connectivity index (χ4v) is 2.29. The Morgan fingerprint density at radius 1 is 1.12 bits per heavy atom. The van der Waals surface area contributed by atoms with Crippen molar-refractivity contribution in [1.29, 1.82) is 0 Å². The van der Waals surface area contributed by atoms with Gasteiger partial charge < -0.3 is 15.7 Å². The lowest BCUT2D eigenvalue weighted by atomic mass is 10.2. The number of anilines is 2. The summed E-state index contributed by atoms with van der Waals surface area (Å²) in [5.74, 6) is 0. The van der Waals surface area contributed by atoms with Crippen molar-refractivity contribution in [2.45, 2.75) is 20.0 Å². The highest BCUT2D eigenvalue weighted by Crippen LogP contribution is 2.16. The molecule has 1 heterocycles. The average Bonchev–Trinajstić information content (AvgIpc) is 3.08. The third kappa shape index (κ3) is 4.02. The van der Waals surface area contributed by atoms with E-state index >= 15 is 0 Å². The molecule has 2 aromatic carbocycles. The Morgan fingerprint density at radius 2 is 1.84 bits per heavy atom. The van der Waals surface area contributed by atoms with E-state index in [2.05, 4.69) is 20.9 Å². The molecule has 3 rings (SSSR count). The first-order valence-electron chi connectivity index (χ1n) is 7.87. The van der Waals surface area contributed by atoms with Crippen molar-refractivity contribution in [2.75, 3.05) is 10.6 Å². The van der Waals surface area contributed by atoms with E-state index in [1.54, 1.807) is 29.9 Å². The lowest BCUT2D eigenvalue weighted by Gasteiger charge is -2.10. The van der Waals surface area contributed by atoms with Gasteiger partial charge in [-0.05, 0) is 49.7 Å². The van der Waals surface area contributed by atoms with Crippen LogP contribution >= 0.6 is 0 Å². The Balaban J connectivity index is 1.66. The van der Waals surface area contributed by atoms with Crippen LogP contribution in [0, 0.1) is 6.92 Å². The number of rotatable bonds is 4. The molecule has 3 N–H and O–H groups in total. The van der Waals surface area contributed by atoms with Crippen molar-refractivity contribution < 1.29 is 9.90 Å². The van der Waals surface area contributed by atoms with Crippen molar-refractivity contribution >= 4 is 17.4 Å². The van der Waals surface area contributed by atoms with E-state index in [-0.39, 0.29) is 6.03 Å². The molecule has 1 atom stereocenters. The zero-order valence-electron chi connectivity index (χ0n) is 14.0. The second-order valence-corrected chi connectivity index (χ2v) is 5.70. The van der Waals surface area contributed by atoms with Gasteiger partial charge >= 0.3 is 6.03 Å². The fourth-order valence-electron chi connectivity index (χ4n) is 2.29. The summed E-state index contributed by atoms with van der Waals surface area (Å²) >= 11 is 0. The van der Waals surface area contributed by atoms with Gasteiger partial charge in [0.25, 0.3) is 0 Å². The molecule has 0 aliphatic rings. The molecular weight excluding hydrogens is 318 g/mol. The summed E-state index contributed by atoms with van der Waals surface area (Å²) in [5, 5.41) is 23.0. The number of urea groups is 1. The first-order chi connectivity index (χ1) is 12.0. The van der Waals surface area contributed by atoms with Crippen LogP contribution in [0.1, 0.15) is 24.3 Å². The number of hydrogen-bond donors (Lipinski definition) is 3. The number of aryl methyl sites for hydroxylation is 1. The Hall–Kier alpha value is -3.19. The van der Waals surface area contributed by atoms with E-state index in [0.29, 0.717) is 11.4 Å². The number of benzene rings is 2. The van der Waals surface area contributed by atoms with Crippen molar-refractivity contribution in [3.05, 3.63) is 66.0 Å². The standard InChI is InChI=1S/C18H19N5O2/c1-12-5-3-4-6-16(12)20-18(25)19-14-7-9-15(10-8-14)23-11-17(13(2)24)21-22-23/h3-11,13,24H,1-2H3,(H2,19,20,25). The van der Waals surface area contributed by atoms with E-state index < -0.39 is 6.10 Å². The number of nitrogens with one attached hydrogen (secondary N) is 2. The quantitative estimate of drug-likeness (QED) is 0.681. The Labute approximate surface area is 145 Å². The van der Waals surface area contributed by atoms with E-state index in [1.807, 2.05) is 43.3 Å². The predicted octanol–water partition coefficient (Wildman–Crippen LogP) is 3.27. The Bertz CT molecular complexity index is 871. The predicted molar refractivity (Wildman–Crippen MR) is 95.8 cm³/mol. The van der Waals surface area contributed by atoms with E-state index in [1.165, 1.54) is 0 Å². The summed E-state index contributed by atoms with van der Waals surface area (Å²) in [6, 6.07) is 14.4. The van der Waals surface area contributed by atoms with Gasteiger partial charge in [-0.15, -0.1) is 5.10 Å². The van der Waals surface area contributed by atoms with Gasteiger partial charge in [-0.2, -0.15) is 0 Å². The lowest BCUT2D eigenvalue weighted by molar-refractivity contribution is 0.194. The Kier molecular flexibility index (Phi) is 4.76. The van der Waals surface area contributed by atoms with Gasteiger partial charge in [0.15, 0.2) is 0 Å². The fraction of sp³-hybridized carbons (Fsp3) is 0.167. The molecule has 1 aromatic heterocycles. The molecule has 0 radical (unpaired) electrons. The summed E-state index contributed by atoms with van der Waals surface area (Å²) in [4.78, 5) is 12.1. The number of aromatic nitrogens is 3. The molecule has 0 saturated heterocycles. The largest absolute Gasteiger partial charge is 0.387 e. The number of amides is 2. The number of para-hydroxylation sites is 1. The number of hydrogen-bond acceptors (Lipinski definition) is 4. The number of carbonyl (C=O) groups excluding carboxylic acids is 1. The average molecular weight is 337 g/mol. The molecule has 0 spiro atoms. The zero-order valence-corrected chi connectivity index (χ0v) is 14.0. The Morgan fingerprint density at radius 3 is 2.48 bits per heavy atom. The SMILES string of the molecule is Cc1ccccc1NC(=O)Nc1ccc(-n2cc(C(C)O)nn2)cc1. The number of aliphatic hydroxyl groups excluding tert-OH is 1. The summed E-state index contributed by atoms with van der Waals surface area (Å²) < 4.78 is 1.57. The van der Waals surface area contributed by atoms with Crippen LogP contribution in [0.25, 0.3) is 5.69 Å². The maximum absolute atomic E-state index is 12.1. The summed E-state index contributed by atoms with van der Waals surface area (Å²) in [7, 11) is 0. The van der Waals surface area contributed by atoms with E-state index in [4.69, 9.17) is 0 Å². The van der Waals surface area contributed by atoms with Gasteiger partial charge in [0, 0.05) is 11.4 Å². The molecule has 0 bridgehead atoms. The van der Waals surface area contributed by atoms with Crippen LogP contribution in [0.15, 0.2) is 54.7 Å². The first kappa shape index (κ1) is 16.7. The van der Waals surface area contributed by atoms with Crippen LogP contribution in [0.4, 0.5) is 16.2 Å². The van der Waals surface area contributed by atoms with Gasteiger partial charge in [-0.3, -0.25) is 0 Å². The van der Waals surface area contributed by atoms with Gasteiger partial charge in [0.1, 0.15) is 5.69 Å². The third-order valence-corrected chi connectivity index (χ3v) is 3.72. The van der Waals surface area contributed by atoms with Crippen molar-refractivity contribution in [1.82, 2.24) is 15.0 Å². The van der Waals surface area contributed by atoms with Crippen LogP contribution < -0.4 is 10.6 Å². The van der Waals surface area contributed by atoms with Crippen LogP contribution in [-0.4, -0.2) is 26.1 Å². The summed E-state index contributed by atoms with van der Waals surface area (Å²) in [6.45, 7) is 3.57. The number of nitrogens with zero attached hydrogens (tertiary/aromatic N) is 3. The highest BCUT2D eigenvalue weighted by Gasteiger charge is 2.08. The van der Waals surface area contributed by atoms with Gasteiger partial charge in [-0.1, -0.05) is 23.4 Å². The molecule has 7 heteroatoms. The van der Waals surface area contributed by atoms with Gasteiger partial charge in [0.05, 0.1) is 18.0 Å². The zero-order chi connectivity index (χ0) is 17.8. The van der Waals surface area contributed by atoms with Crippen LogP contribution in [0.5, 0.6) is 0 Å². The van der Waals surface area contributed by atoms with Crippen molar-refractivity contribution in [3.63, 3.8) is 0 Å². The summed E-state index contributed by atoms with van der Waals surface area (Å²) in [5.41, 5.74) is 3.70. The summed E-state index contributed by atoms with van der Waals surface area (Å²) in [6.07, 6.45) is 0.998. The van der Waals surface area contributed by atoms with E-state index in [9.17, 15) is 9.90 Å². The molecule has 7 nitrogen and oxygen atoms in total. The molecule has 0 aliphatic heterocycles. The van der Waals surface area contributed by atoms with Crippen molar-refractivity contribution in [2.24, 2.45) is 0 Å². The highest BCUT2D eigenvalue weighted by atomic mass is 16.3. The highest BCUT2D eigenvalue weighted by molar-refractivity contribution is 6.00. The van der Waals surface area contributed by atoms with Crippen LogP contribution in [-0.2, 0) is 0 Å². The molecular formula is C18H19N5O2. The lowest BCUT2D eigenvalue weighted by Crippen LogP contribution is -2.19. The topological polar surface area (TPSA) is 92.1 Å². The maximum Gasteiger partial charge on any atom is 0.323 e. The first-order valence-corrected chi connectivity index (χ1v) is 7.87. The minimum atomic E-state index is -0.667. The van der Waals surface area contributed by atoms with E-state index in [0.717, 1.165) is 16.9 Å². The minimum absolute atomic E-state index is 0.306. The molecule has 1 unspecified atom stereocenters. The molecule has 2 amide bonds. The smallest absolute Gasteiger partial charge is 0.323 e. The molecule has 0 fully saturated rings.